The van der Waals surface area contributed by atoms with E-state index in [-0.39, 0.29) is 0 Å². The number of ether oxygens (including phenoxy) is 3. The lowest BCUT2D eigenvalue weighted by atomic mass is 10.1. The summed E-state index contributed by atoms with van der Waals surface area (Å²) in [4.78, 5) is 22.1. The van der Waals surface area contributed by atoms with Gasteiger partial charge < -0.3 is 18.8 Å². The molecule has 1 aliphatic heterocycles. The Bertz CT molecular complexity index is 1400. The number of fused-ring (bicyclic) bond motifs is 1. The van der Waals surface area contributed by atoms with Crippen molar-refractivity contribution in [3.63, 3.8) is 0 Å². The quantitative estimate of drug-likeness (QED) is 0.398. The second kappa shape index (κ2) is 8.61. The van der Waals surface area contributed by atoms with Gasteiger partial charge in [0.1, 0.15) is 24.3 Å². The minimum absolute atomic E-state index is 0.302. The van der Waals surface area contributed by atoms with E-state index in [1.165, 1.54) is 12.5 Å². The Labute approximate surface area is 201 Å². The number of methoxy groups -OCH3 is 1. The molecule has 2 aliphatic rings. The van der Waals surface area contributed by atoms with Crippen LogP contribution in [0.3, 0.4) is 0 Å². The normalized spacial score (nSPS) is 14.5. The lowest BCUT2D eigenvalue weighted by Gasteiger charge is -2.14. The van der Waals surface area contributed by atoms with Crippen LogP contribution in [0.2, 0.25) is 0 Å². The first-order valence-corrected chi connectivity index (χ1v) is 11.4. The van der Waals surface area contributed by atoms with E-state index < -0.39 is 5.95 Å². The van der Waals surface area contributed by atoms with Crippen LogP contribution in [0.15, 0.2) is 36.8 Å². The van der Waals surface area contributed by atoms with E-state index in [0.717, 1.165) is 35.2 Å². The van der Waals surface area contributed by atoms with Crippen molar-refractivity contribution in [2.45, 2.75) is 31.8 Å². The molecule has 0 amide bonds. The molecule has 10 heteroatoms. The van der Waals surface area contributed by atoms with Crippen molar-refractivity contribution in [3.05, 3.63) is 59.6 Å². The Hall–Kier alpha value is -4.08. The number of hydrogen-bond acceptors (Lipinski definition) is 8. The predicted octanol–water partition coefficient (Wildman–Crippen LogP) is 3.87. The summed E-state index contributed by atoms with van der Waals surface area (Å²) in [7, 11) is 3.34. The van der Waals surface area contributed by atoms with Gasteiger partial charge in [0.15, 0.2) is 5.82 Å². The zero-order valence-corrected chi connectivity index (χ0v) is 19.4. The topological polar surface area (TPSA) is 97.1 Å². The summed E-state index contributed by atoms with van der Waals surface area (Å²) in [6.45, 7) is 0.826. The lowest BCUT2D eigenvalue weighted by molar-refractivity contribution is 0.290. The molecule has 0 atom stereocenters. The molecular weight excluding hydrogens is 451 g/mol. The number of nitrogens with zero attached hydrogens (tertiary/aromatic N) is 6. The fraction of sp³-hybridized carbons (Fsp3) is 0.320. The Morgan fingerprint density at radius 3 is 2.63 bits per heavy atom. The number of aromatic nitrogens is 6. The summed E-state index contributed by atoms with van der Waals surface area (Å²) in [5.74, 6) is 2.29. The van der Waals surface area contributed by atoms with Crippen molar-refractivity contribution in [2.24, 2.45) is 7.05 Å². The molecule has 9 nitrogen and oxygen atoms in total. The molecule has 6 rings (SSSR count). The fourth-order valence-electron chi connectivity index (χ4n) is 4.27. The van der Waals surface area contributed by atoms with Crippen molar-refractivity contribution >= 4 is 0 Å². The van der Waals surface area contributed by atoms with Crippen molar-refractivity contribution in [2.75, 3.05) is 13.7 Å². The van der Waals surface area contributed by atoms with E-state index in [4.69, 9.17) is 19.2 Å². The van der Waals surface area contributed by atoms with Crippen molar-refractivity contribution in [1.29, 1.82) is 0 Å². The van der Waals surface area contributed by atoms with Gasteiger partial charge in [-0.1, -0.05) is 24.3 Å². The second-order valence-electron chi connectivity index (χ2n) is 8.64. The van der Waals surface area contributed by atoms with Crippen LogP contribution in [0.25, 0.3) is 22.8 Å². The number of benzene rings is 1. The smallest absolute Gasteiger partial charge is 0.231 e. The minimum Gasteiger partial charge on any atom is -0.480 e. The molecule has 0 N–H and O–H groups in total. The molecule has 0 bridgehead atoms. The van der Waals surface area contributed by atoms with Gasteiger partial charge in [0.2, 0.25) is 23.6 Å². The van der Waals surface area contributed by atoms with Crippen LogP contribution in [-0.2, 0) is 20.1 Å². The lowest BCUT2D eigenvalue weighted by Crippen LogP contribution is -2.06. The zero-order chi connectivity index (χ0) is 23.9. The van der Waals surface area contributed by atoms with E-state index in [2.05, 4.69) is 19.9 Å². The minimum atomic E-state index is -0.504. The van der Waals surface area contributed by atoms with Crippen molar-refractivity contribution < 1.29 is 18.6 Å². The van der Waals surface area contributed by atoms with Gasteiger partial charge in [-0.2, -0.15) is 14.4 Å². The highest BCUT2D eigenvalue weighted by Crippen LogP contribution is 2.46. The second-order valence-corrected chi connectivity index (χ2v) is 8.64. The highest BCUT2D eigenvalue weighted by molar-refractivity contribution is 5.67. The van der Waals surface area contributed by atoms with E-state index in [0.29, 0.717) is 60.4 Å². The van der Waals surface area contributed by atoms with Crippen LogP contribution < -0.4 is 14.2 Å². The highest BCUT2D eigenvalue weighted by Gasteiger charge is 2.33. The molecule has 4 heterocycles. The third-order valence-electron chi connectivity index (χ3n) is 6.18. The van der Waals surface area contributed by atoms with Gasteiger partial charge in [0, 0.05) is 24.9 Å². The molecule has 0 saturated heterocycles. The number of hydrogen-bond donors (Lipinski definition) is 0. The van der Waals surface area contributed by atoms with Gasteiger partial charge in [-0.25, -0.2) is 15.0 Å². The van der Waals surface area contributed by atoms with Crippen molar-refractivity contribution in [1.82, 2.24) is 29.5 Å². The summed E-state index contributed by atoms with van der Waals surface area (Å²) >= 11 is 0. The first-order valence-electron chi connectivity index (χ1n) is 11.4. The zero-order valence-electron chi connectivity index (χ0n) is 19.4. The van der Waals surface area contributed by atoms with Gasteiger partial charge in [-0.15, -0.1) is 0 Å². The monoisotopic (exact) mass is 474 g/mol. The molecule has 178 valence electrons. The molecule has 4 aromatic rings. The molecule has 0 unspecified atom stereocenters. The van der Waals surface area contributed by atoms with Crippen LogP contribution in [0.5, 0.6) is 17.6 Å². The van der Waals surface area contributed by atoms with Crippen LogP contribution in [0.1, 0.15) is 35.6 Å². The molecule has 3 aromatic heterocycles. The summed E-state index contributed by atoms with van der Waals surface area (Å²) in [6, 6.07) is 7.65. The summed E-state index contributed by atoms with van der Waals surface area (Å²) in [5.41, 5.74) is 4.19. The molecule has 35 heavy (non-hydrogen) atoms. The van der Waals surface area contributed by atoms with E-state index in [1.807, 2.05) is 24.3 Å². The molecule has 1 saturated carbocycles. The van der Waals surface area contributed by atoms with Gasteiger partial charge >= 0.3 is 0 Å². The maximum absolute atomic E-state index is 13.5. The maximum Gasteiger partial charge on any atom is 0.231 e. The standard InChI is InChI=1S/C25H23FN6O3/c1-32-11-18(26)29-22(32)16-5-3-14(4-6-16)12-35-24-17-9-10-34-23(17)30-21(31-24)19-20(15-7-8-15)27-13-28-25(19)33-2/h3-6,11,13,15H,7-10,12H2,1-2H3. The summed E-state index contributed by atoms with van der Waals surface area (Å²) < 4.78 is 32.6. The Kier molecular flexibility index (Phi) is 5.28. The summed E-state index contributed by atoms with van der Waals surface area (Å²) in [6.07, 6.45) is 5.67. The van der Waals surface area contributed by atoms with E-state index in [1.54, 1.807) is 18.7 Å². The van der Waals surface area contributed by atoms with Gasteiger partial charge in [0.05, 0.1) is 31.2 Å². The Morgan fingerprint density at radius 2 is 1.91 bits per heavy atom. The largest absolute Gasteiger partial charge is 0.480 e. The van der Waals surface area contributed by atoms with Crippen LogP contribution >= 0.6 is 0 Å². The number of rotatable bonds is 7. The maximum atomic E-state index is 13.5. The summed E-state index contributed by atoms with van der Waals surface area (Å²) in [5, 5.41) is 0. The molecule has 1 aromatic carbocycles. The number of aryl methyl sites for hydroxylation is 1. The molecule has 0 spiro atoms. The van der Waals surface area contributed by atoms with E-state index >= 15 is 0 Å². The van der Waals surface area contributed by atoms with Crippen LogP contribution in [0, 0.1) is 5.95 Å². The predicted molar refractivity (Wildman–Crippen MR) is 124 cm³/mol. The SMILES string of the molecule is COc1ncnc(C2CC2)c1-c1nc2c(c(OCc3ccc(-c4nc(F)cn4C)cc3)n1)CCO2. The van der Waals surface area contributed by atoms with Crippen LogP contribution in [-0.4, -0.2) is 43.2 Å². The van der Waals surface area contributed by atoms with Gasteiger partial charge in [-0.3, -0.25) is 0 Å². The fourth-order valence-corrected chi connectivity index (χ4v) is 4.27. The van der Waals surface area contributed by atoms with Crippen molar-refractivity contribution in [3.8, 4) is 40.4 Å². The number of halogens is 1. The van der Waals surface area contributed by atoms with Crippen LogP contribution in [0.4, 0.5) is 4.39 Å². The van der Waals surface area contributed by atoms with Gasteiger partial charge in [-0.05, 0) is 18.4 Å². The van der Waals surface area contributed by atoms with Gasteiger partial charge in [0.25, 0.3) is 0 Å². The molecule has 0 radical (unpaired) electrons. The molecular formula is C25H23FN6O3. The molecule has 1 fully saturated rings. The first kappa shape index (κ1) is 21.5. The first-order chi connectivity index (χ1) is 17.1. The molecule has 1 aliphatic carbocycles. The third-order valence-corrected chi connectivity index (χ3v) is 6.18. The average Bonchev–Trinajstić information content (AvgIpc) is 3.52. The number of imidazole rings is 1. The Balaban J connectivity index is 1.30. The highest BCUT2D eigenvalue weighted by atomic mass is 19.1. The Morgan fingerprint density at radius 1 is 1.09 bits per heavy atom. The average molecular weight is 474 g/mol. The third kappa shape index (κ3) is 4.05. The van der Waals surface area contributed by atoms with E-state index in [9.17, 15) is 4.39 Å².